The standard InChI is InChI=1S/C19H22BrNO6/c1-19(11-5-7-12(20)8-6-11)15(17(22)23)13(9-26-3)21(2)14(10-27-4)16(19)18(24)25/h5-8H,9-10H2,1-4H3,(H,22,23)(H,24,25). The molecule has 1 aromatic carbocycles. The van der Waals surface area contributed by atoms with Crippen LogP contribution in [-0.2, 0) is 24.5 Å². The normalized spacial score (nSPS) is 16.7. The van der Waals surface area contributed by atoms with Crippen molar-refractivity contribution in [2.75, 3.05) is 34.5 Å². The van der Waals surface area contributed by atoms with Crippen molar-refractivity contribution in [1.29, 1.82) is 0 Å². The second-order valence-corrected chi connectivity index (χ2v) is 7.23. The molecule has 27 heavy (non-hydrogen) atoms. The maximum Gasteiger partial charge on any atom is 0.334 e. The van der Waals surface area contributed by atoms with Gasteiger partial charge in [0.1, 0.15) is 0 Å². The van der Waals surface area contributed by atoms with Gasteiger partial charge in [-0.05, 0) is 24.6 Å². The number of carboxylic acids is 2. The summed E-state index contributed by atoms with van der Waals surface area (Å²) >= 11 is 3.35. The van der Waals surface area contributed by atoms with Gasteiger partial charge < -0.3 is 24.6 Å². The Morgan fingerprint density at radius 2 is 1.41 bits per heavy atom. The topological polar surface area (TPSA) is 96.3 Å². The van der Waals surface area contributed by atoms with Gasteiger partial charge >= 0.3 is 11.9 Å². The third-order valence-corrected chi connectivity index (χ3v) is 5.33. The lowest BCUT2D eigenvalue weighted by molar-refractivity contribution is -0.134. The summed E-state index contributed by atoms with van der Waals surface area (Å²) < 4.78 is 11.2. The third kappa shape index (κ3) is 3.65. The number of nitrogens with zero attached hydrogens (tertiary/aromatic N) is 1. The number of benzene rings is 1. The van der Waals surface area contributed by atoms with Gasteiger partial charge in [0.2, 0.25) is 0 Å². The summed E-state index contributed by atoms with van der Waals surface area (Å²) in [6.07, 6.45) is 0. The van der Waals surface area contributed by atoms with Crippen LogP contribution < -0.4 is 0 Å². The zero-order valence-electron chi connectivity index (χ0n) is 15.6. The summed E-state index contributed by atoms with van der Waals surface area (Å²) in [5, 5.41) is 20.0. The molecule has 2 N–H and O–H groups in total. The largest absolute Gasteiger partial charge is 0.478 e. The molecule has 0 aromatic heterocycles. The van der Waals surface area contributed by atoms with Gasteiger partial charge in [-0.3, -0.25) is 0 Å². The number of halogens is 1. The van der Waals surface area contributed by atoms with E-state index in [-0.39, 0.29) is 24.4 Å². The van der Waals surface area contributed by atoms with E-state index in [1.807, 2.05) is 0 Å². The lowest BCUT2D eigenvalue weighted by Crippen LogP contribution is -2.45. The van der Waals surface area contributed by atoms with Gasteiger partial charge in [-0.1, -0.05) is 28.1 Å². The van der Waals surface area contributed by atoms with E-state index in [0.29, 0.717) is 17.0 Å². The average Bonchev–Trinajstić information content (AvgIpc) is 2.59. The van der Waals surface area contributed by atoms with E-state index in [1.165, 1.54) is 14.2 Å². The van der Waals surface area contributed by atoms with Crippen molar-refractivity contribution in [2.45, 2.75) is 12.3 Å². The molecule has 1 aliphatic rings. The average molecular weight is 440 g/mol. The first-order valence-corrected chi connectivity index (χ1v) is 8.90. The van der Waals surface area contributed by atoms with Gasteiger partial charge in [0.05, 0.1) is 41.2 Å². The van der Waals surface area contributed by atoms with E-state index in [2.05, 4.69) is 15.9 Å². The predicted molar refractivity (Wildman–Crippen MR) is 102 cm³/mol. The van der Waals surface area contributed by atoms with Crippen LogP contribution in [0.25, 0.3) is 0 Å². The molecule has 8 heteroatoms. The maximum atomic E-state index is 12.3. The number of hydrogen-bond acceptors (Lipinski definition) is 5. The number of ether oxygens (including phenoxy) is 2. The highest BCUT2D eigenvalue weighted by molar-refractivity contribution is 9.10. The van der Waals surface area contributed by atoms with Gasteiger partial charge in [0, 0.05) is 25.7 Å². The Bertz CT molecular complexity index is 770. The molecular weight excluding hydrogens is 418 g/mol. The molecule has 146 valence electrons. The van der Waals surface area contributed by atoms with Crippen LogP contribution >= 0.6 is 15.9 Å². The molecule has 0 spiro atoms. The first kappa shape index (κ1) is 21.1. The number of hydrogen-bond donors (Lipinski definition) is 2. The van der Waals surface area contributed by atoms with Crippen molar-refractivity contribution in [2.24, 2.45) is 0 Å². The summed E-state index contributed by atoms with van der Waals surface area (Å²) in [5.41, 5.74) is -0.152. The van der Waals surface area contributed by atoms with Crippen LogP contribution in [0.4, 0.5) is 0 Å². The highest BCUT2D eigenvalue weighted by atomic mass is 79.9. The Labute approximate surface area is 166 Å². The number of carboxylic acid groups (broad SMARTS) is 2. The molecule has 0 radical (unpaired) electrons. The molecule has 7 nitrogen and oxygen atoms in total. The van der Waals surface area contributed by atoms with E-state index in [0.717, 1.165) is 4.47 Å². The number of aliphatic carboxylic acids is 2. The van der Waals surface area contributed by atoms with Crippen LogP contribution in [0.1, 0.15) is 12.5 Å². The quantitative estimate of drug-likeness (QED) is 0.673. The van der Waals surface area contributed by atoms with Crippen LogP contribution in [0.5, 0.6) is 0 Å². The third-order valence-electron chi connectivity index (χ3n) is 4.80. The minimum Gasteiger partial charge on any atom is -0.478 e. The minimum absolute atomic E-state index is 0.0182. The number of carbonyl (C=O) groups is 2. The summed E-state index contributed by atoms with van der Waals surface area (Å²) in [6.45, 7) is 1.65. The van der Waals surface area contributed by atoms with Crippen molar-refractivity contribution in [1.82, 2.24) is 4.90 Å². The van der Waals surface area contributed by atoms with E-state index in [4.69, 9.17) is 9.47 Å². The lowest BCUT2D eigenvalue weighted by atomic mass is 9.66. The molecule has 0 unspecified atom stereocenters. The van der Waals surface area contributed by atoms with E-state index in [1.54, 1.807) is 43.1 Å². The maximum absolute atomic E-state index is 12.3. The van der Waals surface area contributed by atoms with Crippen molar-refractivity contribution >= 4 is 27.9 Å². The molecule has 0 aliphatic carbocycles. The molecule has 0 bridgehead atoms. The SMILES string of the molecule is COCC1=C(C(=O)O)C(C)(c2ccc(Br)cc2)C(C(=O)O)=C(COC)N1C. The Morgan fingerprint density at radius 1 is 1.00 bits per heavy atom. The van der Waals surface area contributed by atoms with Gasteiger partial charge in [-0.2, -0.15) is 0 Å². The molecule has 0 saturated heterocycles. The fraction of sp³-hybridized carbons (Fsp3) is 0.368. The molecular formula is C19H22BrNO6. The van der Waals surface area contributed by atoms with Gasteiger partial charge in [0.25, 0.3) is 0 Å². The molecule has 0 saturated carbocycles. The highest BCUT2D eigenvalue weighted by Crippen LogP contribution is 2.47. The molecule has 1 aliphatic heterocycles. The van der Waals surface area contributed by atoms with Crippen LogP contribution in [0.3, 0.4) is 0 Å². The lowest BCUT2D eigenvalue weighted by Gasteiger charge is -2.42. The Morgan fingerprint density at radius 3 is 1.74 bits per heavy atom. The van der Waals surface area contributed by atoms with Crippen molar-refractivity contribution in [3.05, 3.63) is 56.8 Å². The Hall–Kier alpha value is -2.16. The first-order chi connectivity index (χ1) is 12.7. The van der Waals surface area contributed by atoms with Gasteiger partial charge in [-0.15, -0.1) is 0 Å². The number of methoxy groups -OCH3 is 2. The summed E-state index contributed by atoms with van der Waals surface area (Å²) in [4.78, 5) is 26.1. The summed E-state index contributed by atoms with van der Waals surface area (Å²) in [5.74, 6) is -2.40. The highest BCUT2D eigenvalue weighted by Gasteiger charge is 2.49. The monoisotopic (exact) mass is 439 g/mol. The van der Waals surface area contributed by atoms with Crippen molar-refractivity contribution in [3.63, 3.8) is 0 Å². The second-order valence-electron chi connectivity index (χ2n) is 6.31. The summed E-state index contributed by atoms with van der Waals surface area (Å²) in [6, 6.07) is 6.94. The Kier molecular flexibility index (Phi) is 6.46. The van der Waals surface area contributed by atoms with E-state index in [9.17, 15) is 19.8 Å². The molecule has 1 heterocycles. The van der Waals surface area contributed by atoms with Crippen LogP contribution in [0, 0.1) is 0 Å². The van der Waals surface area contributed by atoms with Gasteiger partial charge in [0.15, 0.2) is 0 Å². The molecule has 1 aromatic rings. The van der Waals surface area contributed by atoms with Crippen LogP contribution in [0.2, 0.25) is 0 Å². The fourth-order valence-corrected chi connectivity index (χ4v) is 3.82. The van der Waals surface area contributed by atoms with Crippen molar-refractivity contribution < 1.29 is 29.3 Å². The smallest absolute Gasteiger partial charge is 0.334 e. The number of rotatable bonds is 7. The number of likely N-dealkylation sites (N-methyl/N-ethyl adjacent to an activating group) is 1. The molecule has 0 amide bonds. The second kappa shape index (κ2) is 8.24. The zero-order valence-corrected chi connectivity index (χ0v) is 17.2. The van der Waals surface area contributed by atoms with E-state index < -0.39 is 17.4 Å². The molecule has 0 atom stereocenters. The Balaban J connectivity index is 2.94. The van der Waals surface area contributed by atoms with Crippen molar-refractivity contribution in [3.8, 4) is 0 Å². The molecule has 2 rings (SSSR count). The summed E-state index contributed by atoms with van der Waals surface area (Å²) in [7, 11) is 4.54. The minimum atomic E-state index is -1.40. The van der Waals surface area contributed by atoms with Crippen LogP contribution in [0.15, 0.2) is 51.3 Å². The van der Waals surface area contributed by atoms with Gasteiger partial charge in [-0.25, -0.2) is 9.59 Å². The fourth-order valence-electron chi connectivity index (χ4n) is 3.56. The predicted octanol–water partition coefficient (Wildman–Crippen LogP) is 2.62. The molecule has 0 fully saturated rings. The van der Waals surface area contributed by atoms with Crippen LogP contribution in [-0.4, -0.2) is 61.5 Å². The van der Waals surface area contributed by atoms with E-state index >= 15 is 0 Å². The zero-order chi connectivity index (χ0) is 20.4. The first-order valence-electron chi connectivity index (χ1n) is 8.11.